The smallest absolute Gasteiger partial charge is 0.284 e. The lowest BCUT2D eigenvalue weighted by atomic mass is 9.76. The average Bonchev–Trinajstić information content (AvgIpc) is 2.83. The molecule has 1 aromatic heterocycles. The SMILES string of the molecule is CN1C(=N)OCC12CCc1c(cccc1-c1cncnc1)C2. The molecule has 5 nitrogen and oxygen atoms in total. The maximum Gasteiger partial charge on any atom is 0.284 e. The van der Waals surface area contributed by atoms with Gasteiger partial charge >= 0.3 is 0 Å². The number of rotatable bonds is 1. The first-order chi connectivity index (χ1) is 10.7. The van der Waals surface area contributed by atoms with Crippen molar-refractivity contribution in [2.24, 2.45) is 0 Å². The number of hydrogen-bond donors (Lipinski definition) is 1. The third-order valence-electron chi connectivity index (χ3n) is 5.00. The van der Waals surface area contributed by atoms with Crippen molar-refractivity contribution >= 4 is 6.02 Å². The summed E-state index contributed by atoms with van der Waals surface area (Å²) in [5.41, 5.74) is 4.96. The molecule has 1 spiro atoms. The van der Waals surface area contributed by atoms with Gasteiger partial charge in [0.05, 0.1) is 5.54 Å². The highest BCUT2D eigenvalue weighted by molar-refractivity contribution is 5.74. The molecule has 22 heavy (non-hydrogen) atoms. The number of fused-ring (bicyclic) bond motifs is 1. The van der Waals surface area contributed by atoms with Crippen LogP contribution < -0.4 is 0 Å². The van der Waals surface area contributed by atoms with Crippen molar-refractivity contribution in [1.82, 2.24) is 14.9 Å². The third-order valence-corrected chi connectivity index (χ3v) is 5.00. The third kappa shape index (κ3) is 1.89. The van der Waals surface area contributed by atoms with Crippen molar-refractivity contribution in [2.45, 2.75) is 24.8 Å². The molecule has 0 amide bonds. The van der Waals surface area contributed by atoms with Gasteiger partial charge in [-0.1, -0.05) is 18.2 Å². The van der Waals surface area contributed by atoms with E-state index in [9.17, 15) is 0 Å². The van der Waals surface area contributed by atoms with E-state index in [2.05, 4.69) is 28.2 Å². The van der Waals surface area contributed by atoms with E-state index in [1.165, 1.54) is 16.7 Å². The van der Waals surface area contributed by atoms with Crippen LogP contribution in [0.25, 0.3) is 11.1 Å². The van der Waals surface area contributed by atoms with Gasteiger partial charge in [-0.15, -0.1) is 0 Å². The number of amidine groups is 1. The predicted molar refractivity (Wildman–Crippen MR) is 83.7 cm³/mol. The molecule has 0 bridgehead atoms. The molecule has 4 rings (SSSR count). The Morgan fingerprint density at radius 1 is 1.27 bits per heavy atom. The summed E-state index contributed by atoms with van der Waals surface area (Å²) in [6, 6.07) is 6.73. The maximum atomic E-state index is 7.86. The lowest BCUT2D eigenvalue weighted by Gasteiger charge is -2.38. The molecule has 0 saturated carbocycles. The molecule has 1 N–H and O–H groups in total. The van der Waals surface area contributed by atoms with E-state index < -0.39 is 0 Å². The van der Waals surface area contributed by atoms with Crippen LogP contribution in [0.1, 0.15) is 17.5 Å². The largest absolute Gasteiger partial charge is 0.463 e. The first-order valence-corrected chi connectivity index (χ1v) is 7.51. The fraction of sp³-hybridized carbons (Fsp3) is 0.353. The van der Waals surface area contributed by atoms with Crippen molar-refractivity contribution in [3.05, 3.63) is 48.0 Å². The van der Waals surface area contributed by atoms with Gasteiger partial charge in [0, 0.05) is 25.0 Å². The molecule has 1 unspecified atom stereocenters. The number of nitrogens with one attached hydrogen (secondary N) is 1. The summed E-state index contributed by atoms with van der Waals surface area (Å²) < 4.78 is 5.48. The van der Waals surface area contributed by atoms with Crippen LogP contribution in [0.2, 0.25) is 0 Å². The van der Waals surface area contributed by atoms with Crippen LogP contribution in [0.5, 0.6) is 0 Å². The van der Waals surface area contributed by atoms with Crippen LogP contribution in [0.3, 0.4) is 0 Å². The van der Waals surface area contributed by atoms with E-state index in [4.69, 9.17) is 10.1 Å². The fourth-order valence-electron chi connectivity index (χ4n) is 3.63. The van der Waals surface area contributed by atoms with Crippen molar-refractivity contribution in [1.29, 1.82) is 5.41 Å². The second kappa shape index (κ2) is 4.80. The molecule has 1 aliphatic heterocycles. The van der Waals surface area contributed by atoms with Gasteiger partial charge < -0.3 is 9.64 Å². The lowest BCUT2D eigenvalue weighted by Crippen LogP contribution is -2.49. The minimum absolute atomic E-state index is 0.0596. The van der Waals surface area contributed by atoms with E-state index >= 15 is 0 Å². The van der Waals surface area contributed by atoms with Crippen molar-refractivity contribution in [3.8, 4) is 11.1 Å². The Kier molecular flexibility index (Phi) is 2.89. The molecular weight excluding hydrogens is 276 g/mol. The molecule has 1 fully saturated rings. The molecule has 2 aromatic rings. The Morgan fingerprint density at radius 2 is 2.09 bits per heavy atom. The van der Waals surface area contributed by atoms with Crippen molar-refractivity contribution < 1.29 is 4.74 Å². The Labute approximate surface area is 129 Å². The molecule has 1 aliphatic carbocycles. The zero-order valence-corrected chi connectivity index (χ0v) is 12.5. The summed E-state index contributed by atoms with van der Waals surface area (Å²) in [5, 5.41) is 7.86. The Hall–Kier alpha value is -2.43. The monoisotopic (exact) mass is 294 g/mol. The molecular formula is C17H18N4O. The van der Waals surface area contributed by atoms with Gasteiger partial charge in [0.15, 0.2) is 0 Å². The lowest BCUT2D eigenvalue weighted by molar-refractivity contribution is 0.179. The first kappa shape index (κ1) is 13.2. The average molecular weight is 294 g/mol. The van der Waals surface area contributed by atoms with Crippen LogP contribution in [0.4, 0.5) is 0 Å². The summed E-state index contributed by atoms with van der Waals surface area (Å²) in [6.45, 7) is 0.612. The van der Waals surface area contributed by atoms with Crippen LogP contribution in [-0.2, 0) is 17.6 Å². The number of aromatic nitrogens is 2. The number of ether oxygens (including phenoxy) is 1. The highest BCUT2D eigenvalue weighted by Gasteiger charge is 2.45. The van der Waals surface area contributed by atoms with Crippen molar-refractivity contribution in [2.75, 3.05) is 13.7 Å². The highest BCUT2D eigenvalue weighted by atomic mass is 16.5. The van der Waals surface area contributed by atoms with E-state index in [1.807, 2.05) is 24.3 Å². The Balaban J connectivity index is 1.75. The molecule has 1 saturated heterocycles. The van der Waals surface area contributed by atoms with Crippen LogP contribution in [0, 0.1) is 5.41 Å². The molecule has 1 atom stereocenters. The maximum absolute atomic E-state index is 7.86. The number of likely N-dealkylation sites (N-methyl/N-ethyl adjacent to an activating group) is 1. The molecule has 112 valence electrons. The standard InChI is InChI=1S/C17H18N4O/c1-21-16(18)22-10-17(21)6-5-15-12(7-17)3-2-4-14(15)13-8-19-11-20-9-13/h2-4,8-9,11,18H,5-7,10H2,1H3. The summed E-state index contributed by atoms with van der Waals surface area (Å²) in [5.74, 6) is 0. The van der Waals surface area contributed by atoms with Gasteiger partial charge in [-0.2, -0.15) is 0 Å². The van der Waals surface area contributed by atoms with E-state index in [-0.39, 0.29) is 11.6 Å². The van der Waals surface area contributed by atoms with E-state index in [1.54, 1.807) is 6.33 Å². The Morgan fingerprint density at radius 3 is 2.82 bits per heavy atom. The number of benzene rings is 1. The first-order valence-electron chi connectivity index (χ1n) is 7.51. The number of hydrogen-bond acceptors (Lipinski definition) is 4. The quantitative estimate of drug-likeness (QED) is 0.876. The fourth-order valence-corrected chi connectivity index (χ4v) is 3.63. The molecule has 5 heteroatoms. The zero-order valence-electron chi connectivity index (χ0n) is 12.5. The van der Waals surface area contributed by atoms with Crippen LogP contribution >= 0.6 is 0 Å². The molecule has 2 heterocycles. The second-order valence-electron chi connectivity index (χ2n) is 6.12. The highest BCUT2D eigenvalue weighted by Crippen LogP contribution is 2.39. The van der Waals surface area contributed by atoms with E-state index in [0.717, 1.165) is 24.8 Å². The van der Waals surface area contributed by atoms with Gasteiger partial charge in [0.2, 0.25) is 0 Å². The molecule has 1 aromatic carbocycles. The summed E-state index contributed by atoms with van der Waals surface area (Å²) in [4.78, 5) is 10.3. The van der Waals surface area contributed by atoms with Gasteiger partial charge in [-0.25, -0.2) is 9.97 Å². The number of nitrogens with zero attached hydrogens (tertiary/aromatic N) is 3. The molecule has 0 radical (unpaired) electrons. The van der Waals surface area contributed by atoms with Crippen LogP contribution in [-0.4, -0.2) is 40.1 Å². The summed E-state index contributed by atoms with van der Waals surface area (Å²) in [7, 11) is 1.97. The predicted octanol–water partition coefficient (Wildman–Crippen LogP) is 2.27. The topological polar surface area (TPSA) is 62.1 Å². The van der Waals surface area contributed by atoms with E-state index in [0.29, 0.717) is 6.61 Å². The van der Waals surface area contributed by atoms with Gasteiger partial charge in [0.1, 0.15) is 12.9 Å². The Bertz CT molecular complexity index is 731. The summed E-state index contributed by atoms with van der Waals surface area (Å²) in [6.07, 6.45) is 8.21. The van der Waals surface area contributed by atoms with Crippen molar-refractivity contribution in [3.63, 3.8) is 0 Å². The van der Waals surface area contributed by atoms with Gasteiger partial charge in [0.25, 0.3) is 6.02 Å². The minimum atomic E-state index is -0.0596. The second-order valence-corrected chi connectivity index (χ2v) is 6.12. The normalized spacial score (nSPS) is 23.5. The van der Waals surface area contributed by atoms with Gasteiger partial charge in [-0.05, 0) is 36.0 Å². The molecule has 2 aliphatic rings. The zero-order chi connectivity index (χ0) is 15.2. The minimum Gasteiger partial charge on any atom is -0.463 e. The van der Waals surface area contributed by atoms with Crippen LogP contribution in [0.15, 0.2) is 36.9 Å². The van der Waals surface area contributed by atoms with Gasteiger partial charge in [-0.3, -0.25) is 5.41 Å². The summed E-state index contributed by atoms with van der Waals surface area (Å²) >= 11 is 0.